The molecular weight excluding hydrogens is 201 g/mol. The van der Waals surface area contributed by atoms with E-state index in [1.165, 1.54) is 19.3 Å². The van der Waals surface area contributed by atoms with E-state index in [1.54, 1.807) is 13.0 Å². The highest BCUT2D eigenvalue weighted by Gasteiger charge is 2.39. The Bertz CT molecular complexity index is 369. The molecule has 0 atom stereocenters. The summed E-state index contributed by atoms with van der Waals surface area (Å²) >= 11 is 0. The van der Waals surface area contributed by atoms with Crippen LogP contribution in [0.15, 0.2) is 18.2 Å². The van der Waals surface area contributed by atoms with Gasteiger partial charge in [0, 0.05) is 13.1 Å². The third-order valence-electron chi connectivity index (χ3n) is 3.77. The van der Waals surface area contributed by atoms with Gasteiger partial charge >= 0.3 is 0 Å². The highest BCUT2D eigenvalue weighted by atomic mass is 19.1. The Morgan fingerprint density at radius 2 is 2.12 bits per heavy atom. The second-order valence-electron chi connectivity index (χ2n) is 5.04. The van der Waals surface area contributed by atoms with Crippen LogP contribution in [0.25, 0.3) is 0 Å². The third kappa shape index (κ3) is 2.62. The molecule has 1 fully saturated rings. The van der Waals surface area contributed by atoms with Gasteiger partial charge in [-0.2, -0.15) is 0 Å². The molecule has 2 heteroatoms. The van der Waals surface area contributed by atoms with Crippen molar-refractivity contribution in [3.05, 3.63) is 35.1 Å². The van der Waals surface area contributed by atoms with E-state index < -0.39 is 0 Å². The van der Waals surface area contributed by atoms with Crippen molar-refractivity contribution in [3.8, 4) is 0 Å². The Hall–Kier alpha value is -0.890. The van der Waals surface area contributed by atoms with E-state index in [1.807, 2.05) is 12.1 Å². The van der Waals surface area contributed by atoms with Gasteiger partial charge in [-0.15, -0.1) is 0 Å². The van der Waals surface area contributed by atoms with Crippen LogP contribution >= 0.6 is 0 Å². The average Bonchev–Trinajstić information content (AvgIpc) is 3.04. The predicted molar refractivity (Wildman–Crippen MR) is 64.8 cm³/mol. The van der Waals surface area contributed by atoms with E-state index in [0.29, 0.717) is 5.41 Å². The molecule has 0 heterocycles. The first-order valence-electron chi connectivity index (χ1n) is 6.11. The van der Waals surface area contributed by atoms with Crippen LogP contribution in [0.4, 0.5) is 4.39 Å². The van der Waals surface area contributed by atoms with E-state index in [0.717, 1.165) is 24.2 Å². The molecule has 2 rings (SSSR count). The van der Waals surface area contributed by atoms with Crippen molar-refractivity contribution in [1.82, 2.24) is 5.32 Å². The van der Waals surface area contributed by atoms with Crippen molar-refractivity contribution < 1.29 is 4.39 Å². The van der Waals surface area contributed by atoms with Gasteiger partial charge in [0.25, 0.3) is 0 Å². The van der Waals surface area contributed by atoms with Crippen LogP contribution in [0.5, 0.6) is 0 Å². The summed E-state index contributed by atoms with van der Waals surface area (Å²) in [5, 5.41) is 3.44. The van der Waals surface area contributed by atoms with E-state index in [-0.39, 0.29) is 5.82 Å². The Balaban J connectivity index is 1.83. The lowest BCUT2D eigenvalue weighted by molar-refractivity contribution is 0.443. The molecule has 0 bridgehead atoms. The molecule has 1 aromatic rings. The second kappa shape index (κ2) is 4.54. The molecule has 1 aliphatic rings. The summed E-state index contributed by atoms with van der Waals surface area (Å²) in [5.41, 5.74) is 2.31. The number of nitrogens with one attached hydrogen (secondary N) is 1. The molecule has 0 radical (unpaired) electrons. The van der Waals surface area contributed by atoms with Gasteiger partial charge in [0.1, 0.15) is 5.82 Å². The van der Waals surface area contributed by atoms with Crippen LogP contribution in [-0.2, 0) is 6.54 Å². The predicted octanol–water partition coefficient (Wildman–Crippen LogP) is 3.41. The first kappa shape index (κ1) is 11.6. The van der Waals surface area contributed by atoms with Crippen molar-refractivity contribution in [1.29, 1.82) is 0 Å². The summed E-state index contributed by atoms with van der Waals surface area (Å²) in [5.74, 6) is -0.101. The molecule has 0 aliphatic heterocycles. The molecule has 0 aromatic heterocycles. The Morgan fingerprint density at radius 1 is 1.38 bits per heavy atom. The lowest BCUT2D eigenvalue weighted by Crippen LogP contribution is -2.23. The zero-order valence-electron chi connectivity index (χ0n) is 10.1. The zero-order chi connectivity index (χ0) is 11.6. The second-order valence-corrected chi connectivity index (χ2v) is 5.04. The number of benzene rings is 1. The number of hydrogen-bond acceptors (Lipinski definition) is 1. The summed E-state index contributed by atoms with van der Waals surface area (Å²) in [6.07, 6.45) is 3.94. The fourth-order valence-corrected chi connectivity index (χ4v) is 2.05. The molecule has 0 amide bonds. The minimum Gasteiger partial charge on any atom is -0.312 e. The third-order valence-corrected chi connectivity index (χ3v) is 3.77. The highest BCUT2D eigenvalue weighted by molar-refractivity contribution is 5.23. The normalized spacial score (nSPS) is 17.4. The summed E-state index contributed by atoms with van der Waals surface area (Å²) < 4.78 is 13.3. The molecule has 1 N–H and O–H groups in total. The van der Waals surface area contributed by atoms with Gasteiger partial charge in [-0.25, -0.2) is 4.39 Å². The maximum atomic E-state index is 13.3. The minimum absolute atomic E-state index is 0.101. The Kier molecular flexibility index (Phi) is 3.29. The largest absolute Gasteiger partial charge is 0.312 e. The van der Waals surface area contributed by atoms with E-state index in [4.69, 9.17) is 0 Å². The van der Waals surface area contributed by atoms with E-state index in [2.05, 4.69) is 12.2 Å². The van der Waals surface area contributed by atoms with Crippen LogP contribution in [0, 0.1) is 18.2 Å². The summed E-state index contributed by atoms with van der Waals surface area (Å²) in [7, 11) is 0. The topological polar surface area (TPSA) is 12.0 Å². The first-order chi connectivity index (χ1) is 7.65. The SMILES string of the molecule is CCC1(CNCc2ccc(C)c(F)c2)CC1. The molecular formula is C14H20FN. The van der Waals surface area contributed by atoms with Gasteiger partial charge in [0.05, 0.1) is 0 Å². The number of halogens is 1. The fourth-order valence-electron chi connectivity index (χ4n) is 2.05. The zero-order valence-corrected chi connectivity index (χ0v) is 10.1. The number of rotatable bonds is 5. The van der Waals surface area contributed by atoms with Crippen molar-refractivity contribution in [3.63, 3.8) is 0 Å². The minimum atomic E-state index is -0.101. The smallest absolute Gasteiger partial charge is 0.126 e. The van der Waals surface area contributed by atoms with Crippen LogP contribution in [0.3, 0.4) is 0 Å². The molecule has 1 aromatic carbocycles. The highest BCUT2D eigenvalue weighted by Crippen LogP contribution is 2.47. The van der Waals surface area contributed by atoms with Crippen LogP contribution in [0.1, 0.15) is 37.3 Å². The maximum Gasteiger partial charge on any atom is 0.126 e. The molecule has 0 spiro atoms. The molecule has 0 unspecified atom stereocenters. The average molecular weight is 221 g/mol. The van der Waals surface area contributed by atoms with Gasteiger partial charge in [0.15, 0.2) is 0 Å². The summed E-state index contributed by atoms with van der Waals surface area (Å²) in [4.78, 5) is 0. The Labute approximate surface area is 97.1 Å². The lowest BCUT2D eigenvalue weighted by atomic mass is 10.0. The van der Waals surface area contributed by atoms with E-state index in [9.17, 15) is 4.39 Å². The standard InChI is InChI=1S/C14H20FN/c1-3-14(6-7-14)10-16-9-12-5-4-11(2)13(15)8-12/h4-5,8,16H,3,6-7,9-10H2,1-2H3. The quantitative estimate of drug-likeness (QED) is 0.803. The lowest BCUT2D eigenvalue weighted by Gasteiger charge is -2.13. The molecule has 1 saturated carbocycles. The molecule has 1 nitrogen and oxygen atoms in total. The molecule has 88 valence electrons. The maximum absolute atomic E-state index is 13.3. The fraction of sp³-hybridized carbons (Fsp3) is 0.571. The monoisotopic (exact) mass is 221 g/mol. The van der Waals surface area contributed by atoms with Gasteiger partial charge < -0.3 is 5.32 Å². The molecule has 16 heavy (non-hydrogen) atoms. The summed E-state index contributed by atoms with van der Waals surface area (Å²) in [6, 6.07) is 5.48. The number of aryl methyl sites for hydroxylation is 1. The van der Waals surface area contributed by atoms with Gasteiger partial charge in [-0.05, 0) is 48.8 Å². The van der Waals surface area contributed by atoms with E-state index >= 15 is 0 Å². The summed E-state index contributed by atoms with van der Waals surface area (Å²) in [6.45, 7) is 5.89. The van der Waals surface area contributed by atoms with Crippen LogP contribution in [-0.4, -0.2) is 6.54 Å². The van der Waals surface area contributed by atoms with Gasteiger partial charge in [-0.3, -0.25) is 0 Å². The van der Waals surface area contributed by atoms with Crippen molar-refractivity contribution in [2.24, 2.45) is 5.41 Å². The molecule has 1 aliphatic carbocycles. The van der Waals surface area contributed by atoms with Crippen molar-refractivity contribution in [2.45, 2.75) is 39.7 Å². The van der Waals surface area contributed by atoms with Crippen molar-refractivity contribution in [2.75, 3.05) is 6.54 Å². The Morgan fingerprint density at radius 3 is 2.69 bits per heavy atom. The number of hydrogen-bond donors (Lipinski definition) is 1. The molecule has 0 saturated heterocycles. The van der Waals surface area contributed by atoms with Crippen LogP contribution < -0.4 is 5.32 Å². The van der Waals surface area contributed by atoms with Gasteiger partial charge in [0.2, 0.25) is 0 Å². The first-order valence-corrected chi connectivity index (χ1v) is 6.11. The van der Waals surface area contributed by atoms with Gasteiger partial charge in [-0.1, -0.05) is 19.1 Å². The van der Waals surface area contributed by atoms with Crippen LogP contribution in [0.2, 0.25) is 0 Å². The van der Waals surface area contributed by atoms with Crippen molar-refractivity contribution >= 4 is 0 Å².